The van der Waals surface area contributed by atoms with E-state index in [1.165, 1.54) is 19.3 Å². The molecule has 1 rings (SSSR count). The van der Waals surface area contributed by atoms with Gasteiger partial charge in [-0.2, -0.15) is 0 Å². The smallest absolute Gasteiger partial charge is 0.0509 e. The van der Waals surface area contributed by atoms with Crippen LogP contribution >= 0.6 is 0 Å². The maximum absolute atomic E-state index is 8.98. The van der Waals surface area contributed by atoms with Crippen molar-refractivity contribution in [3.8, 4) is 0 Å². The van der Waals surface area contributed by atoms with E-state index >= 15 is 0 Å². The van der Waals surface area contributed by atoms with Gasteiger partial charge < -0.3 is 10.2 Å². The Hall–Kier alpha value is 0.634. The molecule has 0 amide bonds. The van der Waals surface area contributed by atoms with Gasteiger partial charge >= 0.3 is 0 Å². The van der Waals surface area contributed by atoms with Gasteiger partial charge in [-0.15, -0.1) is 0 Å². The van der Waals surface area contributed by atoms with Crippen LogP contribution in [-0.2, 0) is 21.7 Å². The molecular weight excluding hydrogens is 176 g/mol. The summed E-state index contributed by atoms with van der Waals surface area (Å²) in [5.74, 6) is 0. The van der Waals surface area contributed by atoms with Crippen molar-refractivity contribution in [1.82, 2.24) is 0 Å². The molecule has 0 unspecified atom stereocenters. The van der Waals surface area contributed by atoms with E-state index < -0.39 is 0 Å². The summed E-state index contributed by atoms with van der Waals surface area (Å²) in [6, 6.07) is 0. The summed E-state index contributed by atoms with van der Waals surface area (Å²) in [6.45, 7) is 0.312. The summed E-state index contributed by atoms with van der Waals surface area (Å²) in [5, 5.41) is 18.0. The fourth-order valence-corrected chi connectivity index (χ4v) is 1.67. The number of aliphatic hydroxyl groups excluding tert-OH is 2. The van der Waals surface area contributed by atoms with Gasteiger partial charge in [0, 0.05) is 27.1 Å². The van der Waals surface area contributed by atoms with Crippen molar-refractivity contribution >= 4 is 0 Å². The fraction of sp³-hybridized carbons (Fsp3) is 1.00. The molecule has 2 N–H and O–H groups in total. The third kappa shape index (κ3) is 2.87. The summed E-state index contributed by atoms with van der Waals surface area (Å²) in [7, 11) is 0. The number of rotatable bonds is 2. The van der Waals surface area contributed by atoms with Gasteiger partial charge in [-0.05, 0) is 12.8 Å². The minimum atomic E-state index is -0.127. The maximum atomic E-state index is 8.98. The predicted molar refractivity (Wildman–Crippen MR) is 39.7 cm³/mol. The third-order valence-electron chi connectivity index (χ3n) is 2.59. The molecule has 0 spiro atoms. The summed E-state index contributed by atoms with van der Waals surface area (Å²) in [6.07, 6.45) is 5.60. The van der Waals surface area contributed by atoms with Crippen molar-refractivity contribution in [1.29, 1.82) is 0 Å². The quantitative estimate of drug-likeness (QED) is 0.638. The topological polar surface area (TPSA) is 40.5 Å². The van der Waals surface area contributed by atoms with Gasteiger partial charge in [-0.1, -0.05) is 19.3 Å². The van der Waals surface area contributed by atoms with Crippen LogP contribution in [-0.4, -0.2) is 23.4 Å². The molecule has 0 atom stereocenters. The van der Waals surface area contributed by atoms with Crippen molar-refractivity contribution in [2.24, 2.45) is 5.41 Å². The monoisotopic (exact) mass is 192 g/mol. The zero-order valence-corrected chi connectivity index (χ0v) is 8.41. The Morgan fingerprint density at radius 1 is 0.909 bits per heavy atom. The predicted octanol–water partition coefficient (Wildman–Crippen LogP) is 0.919. The minimum Gasteiger partial charge on any atom is -0.396 e. The average molecular weight is 192 g/mol. The molecule has 64 valence electrons. The molecule has 2 nitrogen and oxygen atoms in total. The molecule has 0 radical (unpaired) electrons. The normalized spacial score (nSPS) is 22.4. The van der Waals surface area contributed by atoms with E-state index in [1.807, 2.05) is 0 Å². The van der Waals surface area contributed by atoms with Crippen LogP contribution in [0.3, 0.4) is 0 Å². The minimum absolute atomic E-state index is 0. The SMILES string of the molecule is OCC1(CO)CCCCC1.[Ti]. The largest absolute Gasteiger partial charge is 0.396 e. The Morgan fingerprint density at radius 3 is 1.64 bits per heavy atom. The van der Waals surface area contributed by atoms with Crippen LogP contribution in [0.5, 0.6) is 0 Å². The average Bonchev–Trinajstić information content (AvgIpc) is 2.06. The molecule has 1 fully saturated rings. The first-order valence-electron chi connectivity index (χ1n) is 4.05. The van der Waals surface area contributed by atoms with Crippen molar-refractivity contribution in [3.63, 3.8) is 0 Å². The molecule has 0 bridgehead atoms. The van der Waals surface area contributed by atoms with E-state index in [0.717, 1.165) is 12.8 Å². The van der Waals surface area contributed by atoms with Crippen molar-refractivity contribution in [2.75, 3.05) is 13.2 Å². The third-order valence-corrected chi connectivity index (χ3v) is 2.59. The fourth-order valence-electron chi connectivity index (χ4n) is 1.67. The second-order valence-electron chi connectivity index (χ2n) is 3.38. The Kier molecular flexibility index (Phi) is 5.62. The van der Waals surface area contributed by atoms with Crippen LogP contribution < -0.4 is 0 Å². The summed E-state index contributed by atoms with van der Waals surface area (Å²) < 4.78 is 0. The van der Waals surface area contributed by atoms with Crippen LogP contribution in [0.25, 0.3) is 0 Å². The molecule has 1 saturated carbocycles. The van der Waals surface area contributed by atoms with Gasteiger partial charge in [0.2, 0.25) is 0 Å². The molecular formula is C8H16O2Ti. The summed E-state index contributed by atoms with van der Waals surface area (Å²) in [5.41, 5.74) is -0.127. The Bertz CT molecular complexity index is 94.3. The first-order chi connectivity index (χ1) is 4.83. The van der Waals surface area contributed by atoms with Crippen LogP contribution in [0.4, 0.5) is 0 Å². The zero-order valence-electron chi connectivity index (χ0n) is 6.84. The van der Waals surface area contributed by atoms with Crippen LogP contribution in [0.2, 0.25) is 0 Å². The van der Waals surface area contributed by atoms with Gasteiger partial charge in [-0.25, -0.2) is 0 Å². The Morgan fingerprint density at radius 2 is 1.36 bits per heavy atom. The molecule has 0 aromatic heterocycles. The van der Waals surface area contributed by atoms with Crippen molar-refractivity contribution in [2.45, 2.75) is 32.1 Å². The molecule has 3 heteroatoms. The van der Waals surface area contributed by atoms with E-state index in [4.69, 9.17) is 10.2 Å². The number of hydrogen-bond donors (Lipinski definition) is 2. The van der Waals surface area contributed by atoms with Gasteiger partial charge in [0.1, 0.15) is 0 Å². The molecule has 1 aliphatic carbocycles. The standard InChI is InChI=1S/C8H16O2.Ti/c9-6-8(7-10)4-2-1-3-5-8;/h9-10H,1-7H2;. The van der Waals surface area contributed by atoms with Crippen molar-refractivity contribution in [3.05, 3.63) is 0 Å². The van der Waals surface area contributed by atoms with Crippen molar-refractivity contribution < 1.29 is 31.9 Å². The molecule has 0 aliphatic heterocycles. The van der Waals surface area contributed by atoms with Gasteiger partial charge in [0.25, 0.3) is 0 Å². The van der Waals surface area contributed by atoms with Crippen LogP contribution in [0.15, 0.2) is 0 Å². The van der Waals surface area contributed by atoms with Gasteiger partial charge in [-0.3, -0.25) is 0 Å². The molecule has 11 heavy (non-hydrogen) atoms. The van der Waals surface area contributed by atoms with Crippen LogP contribution in [0.1, 0.15) is 32.1 Å². The molecule has 0 aromatic carbocycles. The van der Waals surface area contributed by atoms with E-state index in [2.05, 4.69) is 0 Å². The van der Waals surface area contributed by atoms with E-state index in [9.17, 15) is 0 Å². The second kappa shape index (κ2) is 5.31. The zero-order chi connectivity index (χ0) is 7.45. The maximum Gasteiger partial charge on any atom is 0.0509 e. The first kappa shape index (κ1) is 11.6. The first-order valence-corrected chi connectivity index (χ1v) is 4.05. The molecule has 0 heterocycles. The van der Waals surface area contributed by atoms with E-state index in [-0.39, 0.29) is 40.3 Å². The summed E-state index contributed by atoms with van der Waals surface area (Å²) >= 11 is 0. The van der Waals surface area contributed by atoms with E-state index in [1.54, 1.807) is 0 Å². The number of hydrogen-bond acceptors (Lipinski definition) is 2. The molecule has 0 saturated heterocycles. The second-order valence-corrected chi connectivity index (χ2v) is 3.38. The Balaban J connectivity index is 0.000001000. The van der Waals surface area contributed by atoms with Gasteiger partial charge in [0.05, 0.1) is 13.2 Å². The van der Waals surface area contributed by atoms with Gasteiger partial charge in [0.15, 0.2) is 0 Å². The van der Waals surface area contributed by atoms with E-state index in [0.29, 0.717) is 0 Å². The Labute approximate surface area is 82.9 Å². The molecule has 0 aromatic rings. The van der Waals surface area contributed by atoms with Crippen LogP contribution in [0, 0.1) is 5.41 Å². The number of aliphatic hydroxyl groups is 2. The molecule has 1 aliphatic rings. The summed E-state index contributed by atoms with van der Waals surface area (Å²) in [4.78, 5) is 0.